The van der Waals surface area contributed by atoms with Crippen LogP contribution in [0.4, 0.5) is 10.3 Å². The molecule has 2 aliphatic heterocycles. The highest BCUT2D eigenvalue weighted by Crippen LogP contribution is 2.34. The second-order valence-electron chi connectivity index (χ2n) is 7.64. The summed E-state index contributed by atoms with van der Waals surface area (Å²) in [5.74, 6) is 0.495. The number of pyridine rings is 1. The number of anilines is 1. The van der Waals surface area contributed by atoms with Gasteiger partial charge in [0.15, 0.2) is 0 Å². The summed E-state index contributed by atoms with van der Waals surface area (Å²) in [7, 11) is 1.82. The van der Waals surface area contributed by atoms with Gasteiger partial charge in [-0.15, -0.1) is 10.2 Å². The lowest BCUT2D eigenvalue weighted by Gasteiger charge is -2.38. The van der Waals surface area contributed by atoms with Gasteiger partial charge in [0.2, 0.25) is 5.95 Å². The van der Waals surface area contributed by atoms with Crippen molar-refractivity contribution in [1.82, 2.24) is 25.5 Å². The fourth-order valence-electron chi connectivity index (χ4n) is 4.38. The fraction of sp³-hybridized carbons (Fsp3) is 0.400. The first-order valence-electron chi connectivity index (χ1n) is 9.50. The zero-order valence-electron chi connectivity index (χ0n) is 15.5. The van der Waals surface area contributed by atoms with Gasteiger partial charge < -0.3 is 15.3 Å². The van der Waals surface area contributed by atoms with Crippen LogP contribution in [0.3, 0.4) is 0 Å². The second-order valence-corrected chi connectivity index (χ2v) is 7.64. The number of aromatic hydroxyl groups is 1. The summed E-state index contributed by atoms with van der Waals surface area (Å²) in [6, 6.07) is 5.34. The van der Waals surface area contributed by atoms with Crippen molar-refractivity contribution in [2.24, 2.45) is 0 Å². The number of benzene rings is 1. The molecule has 4 heterocycles. The summed E-state index contributed by atoms with van der Waals surface area (Å²) < 4.78 is 14.8. The molecule has 2 fully saturated rings. The number of phenols is 1. The molecule has 28 heavy (non-hydrogen) atoms. The SMILES string of the molecule is CN(c1ncc(-c2cc3cnccc3cc2O)nn1)[C@@H]1C[C@H]2CC[C@H](N2)[C@@H]1F. The topological polar surface area (TPSA) is 87.1 Å². The van der Waals surface area contributed by atoms with Crippen molar-refractivity contribution in [3.8, 4) is 17.0 Å². The zero-order valence-corrected chi connectivity index (χ0v) is 15.5. The highest BCUT2D eigenvalue weighted by molar-refractivity contribution is 5.89. The Balaban J connectivity index is 1.42. The molecule has 2 N–H and O–H groups in total. The Morgan fingerprint density at radius 1 is 1.18 bits per heavy atom. The molecule has 2 saturated heterocycles. The molecule has 5 rings (SSSR count). The average molecular weight is 380 g/mol. The number of aromatic nitrogens is 4. The molecule has 0 amide bonds. The van der Waals surface area contributed by atoms with Gasteiger partial charge >= 0.3 is 0 Å². The van der Waals surface area contributed by atoms with Gasteiger partial charge in [-0.1, -0.05) is 0 Å². The third-order valence-corrected chi connectivity index (χ3v) is 5.95. The van der Waals surface area contributed by atoms with E-state index in [0.29, 0.717) is 23.2 Å². The second kappa shape index (κ2) is 6.63. The average Bonchev–Trinajstić information content (AvgIpc) is 3.13. The van der Waals surface area contributed by atoms with Crippen LogP contribution in [0.2, 0.25) is 0 Å². The predicted octanol–water partition coefficient (Wildman–Crippen LogP) is 2.46. The predicted molar refractivity (Wildman–Crippen MR) is 104 cm³/mol. The number of alkyl halides is 1. The number of halogens is 1. The van der Waals surface area contributed by atoms with Crippen LogP contribution in [-0.4, -0.2) is 56.6 Å². The van der Waals surface area contributed by atoms with Crippen LogP contribution in [0, 0.1) is 0 Å². The highest BCUT2D eigenvalue weighted by Gasteiger charge is 2.44. The van der Waals surface area contributed by atoms with E-state index in [2.05, 4.69) is 25.5 Å². The summed E-state index contributed by atoms with van der Waals surface area (Å²) >= 11 is 0. The molecule has 0 radical (unpaired) electrons. The van der Waals surface area contributed by atoms with E-state index in [4.69, 9.17) is 0 Å². The van der Waals surface area contributed by atoms with E-state index in [1.54, 1.807) is 29.6 Å². The zero-order chi connectivity index (χ0) is 19.3. The molecule has 0 saturated carbocycles. The van der Waals surface area contributed by atoms with Crippen LogP contribution in [0.15, 0.2) is 36.8 Å². The molecule has 144 valence electrons. The Kier molecular flexibility index (Phi) is 4.08. The Hall–Kier alpha value is -2.87. The van der Waals surface area contributed by atoms with Gasteiger partial charge in [0.05, 0.1) is 12.2 Å². The first kappa shape index (κ1) is 17.2. The van der Waals surface area contributed by atoms with Gasteiger partial charge in [-0.2, -0.15) is 0 Å². The van der Waals surface area contributed by atoms with E-state index >= 15 is 0 Å². The number of fused-ring (bicyclic) bond motifs is 3. The summed E-state index contributed by atoms with van der Waals surface area (Å²) in [4.78, 5) is 10.3. The van der Waals surface area contributed by atoms with Crippen molar-refractivity contribution in [3.05, 3.63) is 36.8 Å². The van der Waals surface area contributed by atoms with Gasteiger partial charge in [0.25, 0.3) is 0 Å². The van der Waals surface area contributed by atoms with Gasteiger partial charge in [0, 0.05) is 42.5 Å². The standard InChI is InChI=1S/C20H21FN6O/c1-27(17-8-13-2-3-15(24-13)19(17)21)20-23-10-16(25-26-20)14-6-12-9-22-5-4-11(12)7-18(14)28/h4-7,9-10,13,15,17,19,24,28H,2-3,8H2,1H3/t13-,15+,17-,19+/m1/s1. The van der Waals surface area contributed by atoms with Gasteiger partial charge in [-0.05, 0) is 42.8 Å². The number of hydrogen-bond acceptors (Lipinski definition) is 7. The van der Waals surface area contributed by atoms with E-state index in [9.17, 15) is 9.50 Å². The van der Waals surface area contributed by atoms with E-state index in [1.807, 2.05) is 19.2 Å². The van der Waals surface area contributed by atoms with Crippen LogP contribution < -0.4 is 10.2 Å². The van der Waals surface area contributed by atoms with Crippen molar-refractivity contribution in [3.63, 3.8) is 0 Å². The maximum atomic E-state index is 14.8. The maximum absolute atomic E-state index is 14.8. The number of phenolic OH excluding ortho intramolecular Hbond substituents is 1. The first-order chi connectivity index (χ1) is 13.6. The molecule has 7 nitrogen and oxygen atoms in total. The number of rotatable bonds is 3. The lowest BCUT2D eigenvalue weighted by molar-refractivity contribution is 0.175. The Morgan fingerprint density at radius 2 is 2.07 bits per heavy atom. The molecule has 2 bridgehead atoms. The van der Waals surface area contributed by atoms with Crippen LogP contribution in [-0.2, 0) is 0 Å². The number of piperidine rings is 1. The Labute approximate surface area is 161 Å². The van der Waals surface area contributed by atoms with Crippen LogP contribution in [0.5, 0.6) is 5.75 Å². The van der Waals surface area contributed by atoms with Crippen LogP contribution in [0.25, 0.3) is 22.0 Å². The maximum Gasteiger partial charge on any atom is 0.245 e. The third kappa shape index (κ3) is 2.84. The molecule has 3 aromatic rings. The molecule has 0 aliphatic carbocycles. The van der Waals surface area contributed by atoms with E-state index in [-0.39, 0.29) is 17.8 Å². The van der Waals surface area contributed by atoms with Crippen molar-refractivity contribution >= 4 is 16.7 Å². The highest BCUT2D eigenvalue weighted by atomic mass is 19.1. The quantitative estimate of drug-likeness (QED) is 0.722. The molecule has 4 atom stereocenters. The molecule has 2 aromatic heterocycles. The van der Waals surface area contributed by atoms with Gasteiger partial charge in [-0.25, -0.2) is 9.37 Å². The summed E-state index contributed by atoms with van der Waals surface area (Å²) in [6.45, 7) is 0. The van der Waals surface area contributed by atoms with Gasteiger partial charge in [0.1, 0.15) is 17.6 Å². The minimum absolute atomic E-state index is 0.0819. The molecule has 0 unspecified atom stereocenters. The van der Waals surface area contributed by atoms with Crippen molar-refractivity contribution in [2.45, 2.75) is 43.6 Å². The number of hydrogen-bond donors (Lipinski definition) is 2. The summed E-state index contributed by atoms with van der Waals surface area (Å²) in [6.07, 6.45) is 6.65. The largest absolute Gasteiger partial charge is 0.507 e. The van der Waals surface area contributed by atoms with Crippen LogP contribution in [0.1, 0.15) is 19.3 Å². The number of nitrogens with one attached hydrogen (secondary N) is 1. The monoisotopic (exact) mass is 380 g/mol. The van der Waals surface area contributed by atoms with Crippen LogP contribution >= 0.6 is 0 Å². The molecule has 2 aliphatic rings. The molecule has 8 heteroatoms. The van der Waals surface area contributed by atoms with E-state index in [0.717, 1.165) is 30.0 Å². The van der Waals surface area contributed by atoms with Gasteiger partial charge in [-0.3, -0.25) is 4.98 Å². The lowest BCUT2D eigenvalue weighted by atomic mass is 9.97. The van der Waals surface area contributed by atoms with Crippen molar-refractivity contribution in [2.75, 3.05) is 11.9 Å². The normalized spacial score (nSPS) is 26.5. The summed E-state index contributed by atoms with van der Waals surface area (Å²) in [5.41, 5.74) is 1.00. The Bertz CT molecular complexity index is 1010. The Morgan fingerprint density at radius 3 is 2.89 bits per heavy atom. The fourth-order valence-corrected chi connectivity index (χ4v) is 4.38. The third-order valence-electron chi connectivity index (χ3n) is 5.95. The van der Waals surface area contributed by atoms with Crippen molar-refractivity contribution < 1.29 is 9.50 Å². The minimum atomic E-state index is -0.955. The number of nitrogens with zero attached hydrogens (tertiary/aromatic N) is 5. The van der Waals surface area contributed by atoms with Crippen molar-refractivity contribution in [1.29, 1.82) is 0 Å². The summed E-state index contributed by atoms with van der Waals surface area (Å²) in [5, 5.41) is 23.9. The smallest absolute Gasteiger partial charge is 0.245 e. The lowest BCUT2D eigenvalue weighted by Crippen LogP contribution is -2.55. The molecule has 0 spiro atoms. The molecule has 1 aromatic carbocycles. The molecular weight excluding hydrogens is 359 g/mol. The van der Waals surface area contributed by atoms with E-state index in [1.165, 1.54) is 0 Å². The molecular formula is C20H21FN6O. The minimum Gasteiger partial charge on any atom is -0.507 e. The van der Waals surface area contributed by atoms with E-state index < -0.39 is 6.17 Å². The first-order valence-corrected chi connectivity index (χ1v) is 9.50.